The summed E-state index contributed by atoms with van der Waals surface area (Å²) in [6.45, 7) is 4.05. The predicted octanol–water partition coefficient (Wildman–Crippen LogP) is 15.0. The molecule has 0 saturated heterocycles. The van der Waals surface area contributed by atoms with Crippen LogP contribution in [0.25, 0.3) is 0 Å². The summed E-state index contributed by atoms with van der Waals surface area (Å²) in [5, 5.41) is 43.9. The van der Waals surface area contributed by atoms with E-state index in [0.29, 0.717) is 19.3 Å². The minimum atomic E-state index is -1.30. The number of nitrogens with one attached hydrogen (secondary N) is 1. The maximum Gasteiger partial charge on any atom is 0.249 e. The van der Waals surface area contributed by atoms with Gasteiger partial charge < -0.3 is 25.7 Å². The number of unbranched alkanes of at least 4 members (excludes halogenated alkanes) is 31. The third-order valence-corrected chi connectivity index (χ3v) is 12.2. The Labute approximate surface area is 379 Å². The number of rotatable bonds is 48. The van der Waals surface area contributed by atoms with Gasteiger partial charge in [0.2, 0.25) is 5.91 Å². The number of aliphatic hydroxyl groups excluding tert-OH is 4. The van der Waals surface area contributed by atoms with Gasteiger partial charge in [-0.1, -0.05) is 223 Å². The second-order valence-electron chi connectivity index (χ2n) is 18.2. The van der Waals surface area contributed by atoms with Gasteiger partial charge >= 0.3 is 0 Å². The van der Waals surface area contributed by atoms with E-state index < -0.39 is 36.9 Å². The molecular formula is C55H103NO5. The van der Waals surface area contributed by atoms with E-state index in [-0.39, 0.29) is 0 Å². The zero-order valence-corrected chi connectivity index (χ0v) is 40.4. The van der Waals surface area contributed by atoms with Crippen molar-refractivity contribution in [2.45, 2.75) is 289 Å². The van der Waals surface area contributed by atoms with E-state index >= 15 is 0 Å². The Bertz CT molecular complexity index is 1010. The van der Waals surface area contributed by atoms with E-state index in [1.54, 1.807) is 0 Å². The van der Waals surface area contributed by atoms with Crippen molar-refractivity contribution in [1.82, 2.24) is 5.32 Å². The van der Waals surface area contributed by atoms with Gasteiger partial charge in [0.1, 0.15) is 12.2 Å². The van der Waals surface area contributed by atoms with Crippen molar-refractivity contribution in [1.29, 1.82) is 0 Å². The largest absolute Gasteiger partial charge is 0.394 e. The molecule has 61 heavy (non-hydrogen) atoms. The van der Waals surface area contributed by atoms with Gasteiger partial charge in [0.25, 0.3) is 0 Å². The van der Waals surface area contributed by atoms with Crippen molar-refractivity contribution in [3.05, 3.63) is 48.6 Å². The maximum atomic E-state index is 12.6. The van der Waals surface area contributed by atoms with E-state index in [1.165, 1.54) is 167 Å². The fraction of sp³-hybridized carbons (Fsp3) is 0.836. The first-order valence-electron chi connectivity index (χ1n) is 26.5. The van der Waals surface area contributed by atoms with Crippen molar-refractivity contribution >= 4 is 5.91 Å². The fourth-order valence-electron chi connectivity index (χ4n) is 8.02. The minimum Gasteiger partial charge on any atom is -0.394 e. The van der Waals surface area contributed by atoms with E-state index in [4.69, 9.17) is 0 Å². The molecule has 6 heteroatoms. The molecule has 6 nitrogen and oxygen atoms in total. The molecule has 0 fully saturated rings. The summed E-state index contributed by atoms with van der Waals surface area (Å²) in [7, 11) is 0. The smallest absolute Gasteiger partial charge is 0.249 e. The zero-order valence-electron chi connectivity index (χ0n) is 40.4. The lowest BCUT2D eigenvalue weighted by Crippen LogP contribution is -2.53. The second kappa shape index (κ2) is 49.3. The number of hydrogen-bond acceptors (Lipinski definition) is 5. The van der Waals surface area contributed by atoms with Crippen LogP contribution in [0.15, 0.2) is 48.6 Å². The van der Waals surface area contributed by atoms with Gasteiger partial charge in [-0.3, -0.25) is 4.79 Å². The molecule has 0 spiro atoms. The van der Waals surface area contributed by atoms with Crippen LogP contribution in [0.4, 0.5) is 0 Å². The third-order valence-electron chi connectivity index (χ3n) is 12.2. The number of hydrogen-bond donors (Lipinski definition) is 5. The summed E-state index contributed by atoms with van der Waals surface area (Å²) in [4.78, 5) is 12.6. The van der Waals surface area contributed by atoms with Gasteiger partial charge in [-0.15, -0.1) is 0 Å². The number of aliphatic hydroxyl groups is 4. The SMILES string of the molecule is CCCCCCCCCCCC/C=C/CC/C=C/CC/C=C/CCCC(O)C(O)C(CO)NC(=O)C(O)CCCCCCCC/C=C\CCCCCCCCCCCCCC. The van der Waals surface area contributed by atoms with Crippen LogP contribution < -0.4 is 5.32 Å². The first-order chi connectivity index (χ1) is 30.0. The number of carbonyl (C=O) groups excluding carboxylic acids is 1. The second-order valence-corrected chi connectivity index (χ2v) is 18.2. The van der Waals surface area contributed by atoms with Crippen LogP contribution in [0.5, 0.6) is 0 Å². The number of amides is 1. The lowest BCUT2D eigenvalue weighted by atomic mass is 10.00. The highest BCUT2D eigenvalue weighted by Gasteiger charge is 2.28. The normalized spacial score (nSPS) is 14.3. The Hall–Kier alpha value is -1.73. The summed E-state index contributed by atoms with van der Waals surface area (Å²) in [5.74, 6) is -0.603. The quantitative estimate of drug-likeness (QED) is 0.0309. The number of carbonyl (C=O) groups is 1. The summed E-state index contributed by atoms with van der Waals surface area (Å²) in [6, 6.07) is -1.02. The lowest BCUT2D eigenvalue weighted by molar-refractivity contribution is -0.132. The van der Waals surface area contributed by atoms with E-state index in [9.17, 15) is 25.2 Å². The van der Waals surface area contributed by atoms with Crippen molar-refractivity contribution in [3.8, 4) is 0 Å². The molecule has 4 unspecified atom stereocenters. The highest BCUT2D eigenvalue weighted by molar-refractivity contribution is 5.80. The van der Waals surface area contributed by atoms with E-state index in [0.717, 1.165) is 64.2 Å². The summed E-state index contributed by atoms with van der Waals surface area (Å²) < 4.78 is 0. The Kier molecular flexibility index (Phi) is 47.9. The average molecular weight is 858 g/mol. The molecule has 0 saturated carbocycles. The van der Waals surface area contributed by atoms with Gasteiger partial charge in [0.05, 0.1) is 18.8 Å². The molecule has 0 aromatic heterocycles. The third kappa shape index (κ3) is 43.3. The van der Waals surface area contributed by atoms with Crippen molar-refractivity contribution in [3.63, 3.8) is 0 Å². The Morgan fingerprint density at radius 2 is 0.689 bits per heavy atom. The standard InChI is InChI=1S/C55H103NO5/c1-3-5-7-9-11-13-15-17-19-21-23-25-27-29-30-32-34-36-38-40-42-44-46-48-52(58)54(60)51(50-57)56-55(61)53(59)49-47-45-43-41-39-37-35-33-31-28-26-24-22-20-18-16-14-12-10-8-6-4-2/h25,27,31-34,40,42,51-54,57-60H,3-24,26,28-30,35-39,41,43-50H2,1-2H3,(H,56,61)/b27-25+,33-31-,34-32+,42-40+. The molecule has 0 radical (unpaired) electrons. The Morgan fingerprint density at radius 3 is 1.03 bits per heavy atom. The minimum absolute atomic E-state index is 0.351. The highest BCUT2D eigenvalue weighted by atomic mass is 16.3. The van der Waals surface area contributed by atoms with Crippen LogP contribution in [-0.2, 0) is 4.79 Å². The highest BCUT2D eigenvalue weighted by Crippen LogP contribution is 2.16. The molecule has 0 aliphatic rings. The topological polar surface area (TPSA) is 110 Å². The maximum absolute atomic E-state index is 12.6. The van der Waals surface area contributed by atoms with Crippen LogP contribution in [0.1, 0.15) is 264 Å². The Morgan fingerprint density at radius 1 is 0.393 bits per heavy atom. The van der Waals surface area contributed by atoms with E-state index in [2.05, 4.69) is 67.8 Å². The number of allylic oxidation sites excluding steroid dienone is 8. The van der Waals surface area contributed by atoms with Crippen LogP contribution in [-0.4, -0.2) is 57.3 Å². The molecule has 0 bridgehead atoms. The van der Waals surface area contributed by atoms with Gasteiger partial charge in [-0.05, 0) is 89.9 Å². The van der Waals surface area contributed by atoms with Crippen LogP contribution in [0, 0.1) is 0 Å². The molecule has 0 aliphatic carbocycles. The van der Waals surface area contributed by atoms with Gasteiger partial charge in [0.15, 0.2) is 0 Å². The van der Waals surface area contributed by atoms with Crippen LogP contribution in [0.3, 0.4) is 0 Å². The first kappa shape index (κ1) is 59.3. The van der Waals surface area contributed by atoms with E-state index in [1.807, 2.05) is 0 Å². The van der Waals surface area contributed by atoms with Crippen molar-refractivity contribution in [2.75, 3.05) is 6.61 Å². The zero-order chi connectivity index (χ0) is 44.5. The molecule has 0 aliphatic heterocycles. The lowest BCUT2D eigenvalue weighted by Gasteiger charge is -2.27. The molecule has 5 N–H and O–H groups in total. The molecular weight excluding hydrogens is 755 g/mol. The summed E-state index contributed by atoms with van der Waals surface area (Å²) >= 11 is 0. The van der Waals surface area contributed by atoms with Crippen LogP contribution in [0.2, 0.25) is 0 Å². The molecule has 0 aromatic carbocycles. The summed E-state index contributed by atoms with van der Waals surface area (Å²) in [5.41, 5.74) is 0. The monoisotopic (exact) mass is 858 g/mol. The predicted molar refractivity (Wildman–Crippen MR) is 265 cm³/mol. The molecule has 0 rings (SSSR count). The fourth-order valence-corrected chi connectivity index (χ4v) is 8.02. The van der Waals surface area contributed by atoms with Gasteiger partial charge in [-0.25, -0.2) is 0 Å². The molecule has 0 aromatic rings. The molecule has 1 amide bonds. The van der Waals surface area contributed by atoms with Crippen molar-refractivity contribution in [2.24, 2.45) is 0 Å². The first-order valence-corrected chi connectivity index (χ1v) is 26.5. The Balaban J connectivity index is 3.76. The van der Waals surface area contributed by atoms with Crippen molar-refractivity contribution < 1.29 is 25.2 Å². The van der Waals surface area contributed by atoms with Gasteiger partial charge in [0, 0.05) is 0 Å². The molecule has 4 atom stereocenters. The van der Waals surface area contributed by atoms with Gasteiger partial charge in [-0.2, -0.15) is 0 Å². The average Bonchev–Trinajstić information content (AvgIpc) is 3.26. The van der Waals surface area contributed by atoms with Crippen LogP contribution >= 0.6 is 0 Å². The molecule has 0 heterocycles. The summed E-state index contributed by atoms with van der Waals surface area (Å²) in [6.07, 6.45) is 61.6. The molecule has 358 valence electrons.